The van der Waals surface area contributed by atoms with Crippen LogP contribution in [0.5, 0.6) is 0 Å². The number of allylic oxidation sites excluding steroid dienone is 7. The third-order valence-corrected chi connectivity index (χ3v) is 9.61. The smallest absolute Gasteiger partial charge is 0.360 e. The third-order valence-electron chi connectivity index (χ3n) is 9.61. The van der Waals surface area contributed by atoms with Gasteiger partial charge in [-0.2, -0.15) is 0 Å². The fraction of sp³-hybridized carbons (Fsp3) is 0.317. The van der Waals surface area contributed by atoms with Gasteiger partial charge in [-0.05, 0) is 73.3 Å². The molecule has 0 atom stereocenters. The monoisotopic (exact) mass is 597 g/mol. The van der Waals surface area contributed by atoms with Crippen molar-refractivity contribution in [1.82, 2.24) is 0 Å². The fourth-order valence-corrected chi connectivity index (χ4v) is 7.17. The zero-order valence-corrected chi connectivity index (χ0v) is 26.1. The van der Waals surface area contributed by atoms with Gasteiger partial charge in [0.2, 0.25) is 5.78 Å². The Morgan fingerprint density at radius 3 is 2.07 bits per heavy atom. The standard InChI is InChI=1S/C41H41O4/c1-43-41-34(22-28-24-36(30-14-6-2-7-15-30)44-37(25-28)31-16-8-3-9-17-31)40(42)35(41)23-29-26-38(32-18-10-4-11-19-32)45-39(27-29)33-20-12-5-13-21-33/h2,4,6-7,10-11,14-15,18-19,22-27,31,33H,3,5,8-9,12-13,16-17,20-21H2,1H3/q+1. The Labute approximate surface area is 266 Å². The Hall–Kier alpha value is -4.44. The highest BCUT2D eigenvalue weighted by Crippen LogP contribution is 2.41. The summed E-state index contributed by atoms with van der Waals surface area (Å²) in [6.45, 7) is 0. The Bertz CT molecular complexity index is 1710. The normalized spacial score (nSPS) is 21.3. The summed E-state index contributed by atoms with van der Waals surface area (Å²) >= 11 is 0. The maximum absolute atomic E-state index is 13.7. The lowest BCUT2D eigenvalue weighted by Gasteiger charge is -2.28. The molecular weight excluding hydrogens is 556 g/mol. The summed E-state index contributed by atoms with van der Waals surface area (Å²) in [5.41, 5.74) is 5.18. The van der Waals surface area contributed by atoms with Crippen LogP contribution >= 0.6 is 0 Å². The molecule has 0 amide bonds. The minimum absolute atomic E-state index is 0.00520. The van der Waals surface area contributed by atoms with Gasteiger partial charge >= 0.3 is 11.5 Å². The van der Waals surface area contributed by atoms with Gasteiger partial charge in [0.25, 0.3) is 0 Å². The number of ketones is 1. The quantitative estimate of drug-likeness (QED) is 0.201. The summed E-state index contributed by atoms with van der Waals surface area (Å²) < 4.78 is 18.8. The SMILES string of the molecule is COC1=C(/C=C2/C=C(c3ccccc3)OC(C3CCCCC3)=C2)C(=O)/C1=C/c1cc(-c2ccccc2)[o+]c(C2CCCCC2)c1. The van der Waals surface area contributed by atoms with Crippen LogP contribution in [0, 0.1) is 5.92 Å². The summed E-state index contributed by atoms with van der Waals surface area (Å²) in [5, 5.41) is 0. The van der Waals surface area contributed by atoms with E-state index < -0.39 is 0 Å². The molecule has 1 aromatic heterocycles. The van der Waals surface area contributed by atoms with E-state index in [1.807, 2.05) is 60.7 Å². The molecule has 0 spiro atoms. The Morgan fingerprint density at radius 2 is 1.40 bits per heavy atom. The Morgan fingerprint density at radius 1 is 0.756 bits per heavy atom. The first-order valence-electron chi connectivity index (χ1n) is 16.6. The van der Waals surface area contributed by atoms with Gasteiger partial charge in [0.1, 0.15) is 17.3 Å². The lowest BCUT2D eigenvalue weighted by molar-refractivity contribution is -0.113. The van der Waals surface area contributed by atoms with E-state index in [9.17, 15) is 4.79 Å². The molecule has 0 radical (unpaired) electrons. The second kappa shape index (κ2) is 13.3. The first-order chi connectivity index (χ1) is 22.2. The van der Waals surface area contributed by atoms with Gasteiger partial charge in [-0.3, -0.25) is 4.79 Å². The van der Waals surface area contributed by atoms with Gasteiger partial charge in [-0.15, -0.1) is 0 Å². The van der Waals surface area contributed by atoms with Crippen LogP contribution in [0.2, 0.25) is 0 Å². The molecular formula is C41H41O4+. The van der Waals surface area contributed by atoms with Crippen molar-refractivity contribution >= 4 is 17.6 Å². The molecule has 2 saturated carbocycles. The van der Waals surface area contributed by atoms with Crippen LogP contribution < -0.4 is 0 Å². The Kier molecular flexibility index (Phi) is 8.64. The number of hydrogen-bond acceptors (Lipinski definition) is 3. The third kappa shape index (κ3) is 6.38. The van der Waals surface area contributed by atoms with Gasteiger partial charge < -0.3 is 9.47 Å². The van der Waals surface area contributed by atoms with E-state index in [0.29, 0.717) is 28.7 Å². The van der Waals surface area contributed by atoms with Gasteiger partial charge in [-0.1, -0.05) is 87.1 Å². The van der Waals surface area contributed by atoms with Crippen LogP contribution in [0.3, 0.4) is 0 Å². The van der Waals surface area contributed by atoms with Crippen molar-refractivity contribution in [3.8, 4) is 11.3 Å². The summed E-state index contributed by atoms with van der Waals surface area (Å²) in [5.74, 6) is 5.07. The van der Waals surface area contributed by atoms with Crippen LogP contribution in [0.1, 0.15) is 87.0 Å². The van der Waals surface area contributed by atoms with E-state index in [0.717, 1.165) is 71.0 Å². The second-order valence-corrected chi connectivity index (χ2v) is 12.7. The van der Waals surface area contributed by atoms with Gasteiger partial charge in [0.15, 0.2) is 0 Å². The summed E-state index contributed by atoms with van der Waals surface area (Å²) in [7, 11) is 1.65. The van der Waals surface area contributed by atoms with E-state index in [1.165, 1.54) is 38.5 Å². The van der Waals surface area contributed by atoms with E-state index >= 15 is 0 Å². The van der Waals surface area contributed by atoms with Crippen molar-refractivity contribution < 1.29 is 18.7 Å². The molecule has 45 heavy (non-hydrogen) atoms. The fourth-order valence-electron chi connectivity index (χ4n) is 7.17. The minimum Gasteiger partial charge on any atom is -0.495 e. The number of methoxy groups -OCH3 is 1. The second-order valence-electron chi connectivity index (χ2n) is 12.7. The van der Waals surface area contributed by atoms with Crippen LogP contribution in [0.4, 0.5) is 0 Å². The van der Waals surface area contributed by atoms with Crippen LogP contribution in [-0.2, 0) is 14.3 Å². The van der Waals surface area contributed by atoms with Gasteiger partial charge in [0, 0.05) is 17.5 Å². The van der Waals surface area contributed by atoms with E-state index in [1.54, 1.807) is 7.11 Å². The maximum Gasteiger partial charge on any atom is 0.360 e. The molecule has 0 unspecified atom stereocenters. The molecule has 4 nitrogen and oxygen atoms in total. The number of benzene rings is 2. The molecule has 0 saturated heterocycles. The molecule has 1 aliphatic heterocycles. The number of hydrogen-bond donors (Lipinski definition) is 0. The van der Waals surface area contributed by atoms with E-state index in [-0.39, 0.29) is 5.78 Å². The molecule has 0 bridgehead atoms. The predicted molar refractivity (Wildman–Crippen MR) is 180 cm³/mol. The average Bonchev–Trinajstić information content (AvgIpc) is 3.12. The van der Waals surface area contributed by atoms with Gasteiger partial charge in [0.05, 0.1) is 35.8 Å². The minimum atomic E-state index is -0.00520. The van der Waals surface area contributed by atoms with Crippen LogP contribution in [-0.4, -0.2) is 12.9 Å². The topological polar surface area (TPSA) is 46.8 Å². The predicted octanol–water partition coefficient (Wildman–Crippen LogP) is 10.6. The van der Waals surface area contributed by atoms with E-state index in [2.05, 4.69) is 36.4 Å². The first-order valence-corrected chi connectivity index (χ1v) is 16.6. The molecule has 3 aromatic rings. The van der Waals surface area contributed by atoms with E-state index in [4.69, 9.17) is 13.9 Å². The van der Waals surface area contributed by atoms with Crippen LogP contribution in [0.15, 0.2) is 124 Å². The highest BCUT2D eigenvalue weighted by molar-refractivity contribution is 6.23. The number of Topliss-reactive ketones (excluding diaryl/α,β-unsaturated/α-hetero) is 1. The van der Waals surface area contributed by atoms with Crippen molar-refractivity contribution in [2.24, 2.45) is 5.92 Å². The zero-order chi connectivity index (χ0) is 30.6. The summed E-state index contributed by atoms with van der Waals surface area (Å²) in [4.78, 5) is 13.7. The average molecular weight is 598 g/mol. The van der Waals surface area contributed by atoms with Crippen molar-refractivity contribution in [3.05, 3.63) is 136 Å². The number of rotatable bonds is 7. The zero-order valence-electron chi connectivity index (χ0n) is 26.1. The molecule has 228 valence electrons. The van der Waals surface area contributed by atoms with Crippen molar-refractivity contribution in [3.63, 3.8) is 0 Å². The number of carbonyl (C=O) groups excluding carboxylic acids is 1. The molecule has 2 aromatic carbocycles. The van der Waals surface area contributed by atoms with Crippen molar-refractivity contribution in [2.75, 3.05) is 7.11 Å². The number of carbonyl (C=O) groups is 1. The summed E-state index contributed by atoms with van der Waals surface area (Å²) in [6, 6.07) is 24.6. The van der Waals surface area contributed by atoms with Crippen LogP contribution in [0.25, 0.3) is 23.2 Å². The molecule has 3 aliphatic carbocycles. The highest BCUT2D eigenvalue weighted by atomic mass is 16.5. The highest BCUT2D eigenvalue weighted by Gasteiger charge is 2.35. The van der Waals surface area contributed by atoms with Crippen molar-refractivity contribution in [1.29, 1.82) is 0 Å². The molecule has 7 rings (SSSR count). The molecule has 0 N–H and O–H groups in total. The largest absolute Gasteiger partial charge is 0.495 e. The molecule has 4 heteroatoms. The molecule has 2 fully saturated rings. The number of ether oxygens (including phenoxy) is 2. The molecule has 2 heterocycles. The lowest BCUT2D eigenvalue weighted by atomic mass is 9.83. The first kappa shape index (κ1) is 29.3. The lowest BCUT2D eigenvalue weighted by Crippen LogP contribution is -2.22. The molecule has 4 aliphatic rings. The Balaban J connectivity index is 1.25. The maximum atomic E-state index is 13.7. The summed E-state index contributed by atoms with van der Waals surface area (Å²) in [6.07, 6.45) is 20.1. The van der Waals surface area contributed by atoms with Crippen molar-refractivity contribution in [2.45, 2.75) is 70.1 Å². The van der Waals surface area contributed by atoms with Gasteiger partial charge in [-0.25, -0.2) is 4.42 Å².